The minimum absolute atomic E-state index is 0.0952. The van der Waals surface area contributed by atoms with Gasteiger partial charge in [0, 0.05) is 74.2 Å². The van der Waals surface area contributed by atoms with Gasteiger partial charge in [-0.1, -0.05) is 60.7 Å². The van der Waals surface area contributed by atoms with E-state index in [9.17, 15) is 4.79 Å². The van der Waals surface area contributed by atoms with E-state index in [1.807, 2.05) is 36.1 Å². The first-order valence-corrected chi connectivity index (χ1v) is 15.7. The summed E-state index contributed by atoms with van der Waals surface area (Å²) >= 11 is 0. The quantitative estimate of drug-likeness (QED) is 0.241. The monoisotopic (exact) mass is 583 g/mol. The molecule has 2 aliphatic heterocycles. The molecule has 0 spiro atoms. The molecule has 8 nitrogen and oxygen atoms in total. The van der Waals surface area contributed by atoms with Crippen LogP contribution in [0.3, 0.4) is 0 Å². The Kier molecular flexibility index (Phi) is 6.88. The van der Waals surface area contributed by atoms with Crippen LogP contribution < -0.4 is 5.32 Å². The van der Waals surface area contributed by atoms with Crippen LogP contribution in [0.15, 0.2) is 79.1 Å². The zero-order chi connectivity index (χ0) is 29.6. The van der Waals surface area contributed by atoms with Crippen molar-refractivity contribution in [3.8, 4) is 22.5 Å². The lowest BCUT2D eigenvalue weighted by Gasteiger charge is -2.34. The molecule has 2 N–H and O–H groups in total. The standard InChI is InChI=1S/C36H37N7O/c1-24-30(7-4-8-32(24)40-36(44)43-21-27-5-2-3-6-28(27)22-43)34-31-19-33(39-35(31)38-23-37-34)26-11-9-25(10-12-26)20-41-15-17-42(18-16-41)29-13-14-29/h2-12,19,23,29H,13-18,20-22H2,1H3,(H,40,44)(H,37,38,39). The fourth-order valence-electron chi connectivity index (χ4n) is 6.78. The number of amides is 2. The molecular formula is C36H37N7O. The summed E-state index contributed by atoms with van der Waals surface area (Å²) in [6.45, 7) is 8.98. The number of benzene rings is 3. The molecule has 0 atom stereocenters. The highest BCUT2D eigenvalue weighted by molar-refractivity contribution is 5.97. The summed E-state index contributed by atoms with van der Waals surface area (Å²) in [5.74, 6) is 0. The molecule has 3 aliphatic rings. The number of hydrogen-bond acceptors (Lipinski definition) is 5. The van der Waals surface area contributed by atoms with Crippen LogP contribution in [0.25, 0.3) is 33.5 Å². The Labute approximate surface area is 257 Å². The number of aromatic amines is 1. The van der Waals surface area contributed by atoms with Crippen LogP contribution in [0, 0.1) is 6.92 Å². The van der Waals surface area contributed by atoms with Crippen LogP contribution in [-0.2, 0) is 19.6 Å². The van der Waals surface area contributed by atoms with Crippen molar-refractivity contribution in [1.82, 2.24) is 29.7 Å². The zero-order valence-electron chi connectivity index (χ0n) is 25.1. The van der Waals surface area contributed by atoms with Gasteiger partial charge in [0.2, 0.25) is 0 Å². The number of H-pyrrole nitrogens is 1. The van der Waals surface area contributed by atoms with Gasteiger partial charge in [0.05, 0.1) is 5.69 Å². The first kappa shape index (κ1) is 27.0. The van der Waals surface area contributed by atoms with E-state index < -0.39 is 0 Å². The second-order valence-corrected chi connectivity index (χ2v) is 12.4. The van der Waals surface area contributed by atoms with Crippen LogP contribution in [0.4, 0.5) is 10.5 Å². The number of rotatable bonds is 6. The van der Waals surface area contributed by atoms with Crippen molar-refractivity contribution in [2.24, 2.45) is 0 Å². The van der Waals surface area contributed by atoms with Gasteiger partial charge in [0.1, 0.15) is 12.0 Å². The number of nitrogens with one attached hydrogen (secondary N) is 2. The SMILES string of the molecule is Cc1c(NC(=O)N2Cc3ccccc3C2)cccc1-c1ncnc2[nH]c(-c3ccc(CN4CCN(C5CC5)CC4)cc3)cc12. The first-order chi connectivity index (χ1) is 21.6. The number of nitrogens with zero attached hydrogens (tertiary/aromatic N) is 5. The Balaban J connectivity index is 0.992. The van der Waals surface area contributed by atoms with Crippen LogP contribution in [-0.4, -0.2) is 67.9 Å². The van der Waals surface area contributed by atoms with Gasteiger partial charge in [0.25, 0.3) is 0 Å². The number of piperazine rings is 1. The molecule has 0 radical (unpaired) electrons. The molecule has 4 heterocycles. The van der Waals surface area contributed by atoms with Crippen molar-refractivity contribution in [2.75, 3.05) is 31.5 Å². The number of anilines is 1. The molecule has 222 valence electrons. The molecule has 2 amide bonds. The molecule has 1 saturated carbocycles. The molecule has 8 heteroatoms. The van der Waals surface area contributed by atoms with Crippen molar-refractivity contribution in [1.29, 1.82) is 0 Å². The fraction of sp³-hybridized carbons (Fsp3) is 0.306. The average Bonchev–Trinajstić information content (AvgIpc) is 3.65. The number of carbonyl (C=O) groups is 1. The van der Waals surface area contributed by atoms with Gasteiger partial charge in [-0.05, 0) is 59.7 Å². The lowest BCUT2D eigenvalue weighted by molar-refractivity contribution is 0.121. The smallest absolute Gasteiger partial charge is 0.322 e. The molecule has 5 aromatic rings. The van der Waals surface area contributed by atoms with E-state index in [1.165, 1.54) is 42.6 Å². The maximum Gasteiger partial charge on any atom is 0.322 e. The minimum atomic E-state index is -0.0952. The highest BCUT2D eigenvalue weighted by Gasteiger charge is 2.31. The molecular weight excluding hydrogens is 546 g/mol. The number of aromatic nitrogens is 3. The Bertz CT molecular complexity index is 1810. The van der Waals surface area contributed by atoms with E-state index in [0.717, 1.165) is 70.5 Å². The number of fused-ring (bicyclic) bond motifs is 2. The van der Waals surface area contributed by atoms with Crippen molar-refractivity contribution in [3.05, 3.63) is 101 Å². The highest BCUT2D eigenvalue weighted by Crippen LogP contribution is 2.34. The van der Waals surface area contributed by atoms with E-state index in [2.05, 4.69) is 73.6 Å². The second kappa shape index (κ2) is 11.2. The maximum atomic E-state index is 13.2. The minimum Gasteiger partial charge on any atom is -0.339 e. The molecule has 2 aromatic heterocycles. The predicted molar refractivity (Wildman–Crippen MR) is 174 cm³/mol. The number of hydrogen-bond donors (Lipinski definition) is 2. The van der Waals surface area contributed by atoms with Crippen LogP contribution in [0.5, 0.6) is 0 Å². The van der Waals surface area contributed by atoms with Gasteiger partial charge in [-0.25, -0.2) is 14.8 Å². The lowest BCUT2D eigenvalue weighted by atomic mass is 10.0. The van der Waals surface area contributed by atoms with E-state index in [0.29, 0.717) is 13.1 Å². The molecule has 44 heavy (non-hydrogen) atoms. The third-order valence-electron chi connectivity index (χ3n) is 9.53. The molecule has 2 fully saturated rings. The van der Waals surface area contributed by atoms with Gasteiger partial charge >= 0.3 is 6.03 Å². The summed E-state index contributed by atoms with van der Waals surface area (Å²) in [5, 5.41) is 4.11. The maximum absolute atomic E-state index is 13.2. The third-order valence-corrected chi connectivity index (χ3v) is 9.53. The van der Waals surface area contributed by atoms with Crippen molar-refractivity contribution >= 4 is 22.8 Å². The zero-order valence-corrected chi connectivity index (χ0v) is 25.1. The molecule has 1 aliphatic carbocycles. The van der Waals surface area contributed by atoms with E-state index >= 15 is 0 Å². The lowest BCUT2D eigenvalue weighted by Crippen LogP contribution is -2.46. The average molecular weight is 584 g/mol. The van der Waals surface area contributed by atoms with Crippen molar-refractivity contribution in [2.45, 2.75) is 45.4 Å². The summed E-state index contributed by atoms with van der Waals surface area (Å²) < 4.78 is 0. The van der Waals surface area contributed by atoms with Gasteiger partial charge in [-0.3, -0.25) is 9.80 Å². The van der Waals surface area contributed by atoms with Crippen molar-refractivity contribution in [3.63, 3.8) is 0 Å². The molecule has 1 saturated heterocycles. The first-order valence-electron chi connectivity index (χ1n) is 15.7. The molecule has 0 bridgehead atoms. The van der Waals surface area contributed by atoms with E-state index in [-0.39, 0.29) is 6.03 Å². The van der Waals surface area contributed by atoms with Gasteiger partial charge < -0.3 is 15.2 Å². The Morgan fingerprint density at radius 2 is 1.66 bits per heavy atom. The Morgan fingerprint density at radius 1 is 0.909 bits per heavy atom. The number of urea groups is 1. The number of carbonyl (C=O) groups excluding carboxylic acids is 1. The topological polar surface area (TPSA) is 80.4 Å². The Morgan fingerprint density at radius 3 is 2.39 bits per heavy atom. The van der Waals surface area contributed by atoms with Gasteiger partial charge in [-0.15, -0.1) is 0 Å². The van der Waals surface area contributed by atoms with E-state index in [4.69, 9.17) is 4.98 Å². The Hall–Kier alpha value is -4.53. The predicted octanol–water partition coefficient (Wildman–Crippen LogP) is 6.43. The van der Waals surface area contributed by atoms with Crippen molar-refractivity contribution < 1.29 is 4.79 Å². The summed E-state index contributed by atoms with van der Waals surface area (Å²) in [4.78, 5) is 33.1. The second-order valence-electron chi connectivity index (χ2n) is 12.4. The summed E-state index contributed by atoms with van der Waals surface area (Å²) in [6, 6.07) is 26.0. The van der Waals surface area contributed by atoms with E-state index in [1.54, 1.807) is 6.33 Å². The third kappa shape index (κ3) is 5.25. The van der Waals surface area contributed by atoms with Gasteiger partial charge in [-0.2, -0.15) is 0 Å². The van der Waals surface area contributed by atoms with Crippen LogP contribution in [0.1, 0.15) is 35.1 Å². The normalized spacial score (nSPS) is 17.2. The molecule has 8 rings (SSSR count). The van der Waals surface area contributed by atoms with Crippen LogP contribution >= 0.6 is 0 Å². The molecule has 3 aromatic carbocycles. The summed E-state index contributed by atoms with van der Waals surface area (Å²) in [6.07, 6.45) is 4.39. The highest BCUT2D eigenvalue weighted by atomic mass is 16.2. The fourth-order valence-corrected chi connectivity index (χ4v) is 6.78. The van der Waals surface area contributed by atoms with Gasteiger partial charge in [0.15, 0.2) is 0 Å². The summed E-state index contributed by atoms with van der Waals surface area (Å²) in [5.41, 5.74) is 10.3. The van der Waals surface area contributed by atoms with Crippen LogP contribution in [0.2, 0.25) is 0 Å². The molecule has 0 unspecified atom stereocenters. The summed E-state index contributed by atoms with van der Waals surface area (Å²) in [7, 11) is 0. The largest absolute Gasteiger partial charge is 0.339 e.